The minimum absolute atomic E-state index is 0.289. The molecule has 3 unspecified atom stereocenters. The summed E-state index contributed by atoms with van der Waals surface area (Å²) in [6, 6.07) is 0. The van der Waals surface area contributed by atoms with Gasteiger partial charge in [-0.25, -0.2) is 0 Å². The molecule has 0 bridgehead atoms. The van der Waals surface area contributed by atoms with E-state index in [1.165, 1.54) is 136 Å². The van der Waals surface area contributed by atoms with Gasteiger partial charge in [0.05, 0.1) is 0 Å². The molecule has 3 atom stereocenters. The van der Waals surface area contributed by atoms with Crippen LogP contribution in [0.25, 0.3) is 0 Å². The number of carbonyl (C=O) groups excluding carboxylic acids is 1. The van der Waals surface area contributed by atoms with Crippen molar-refractivity contribution in [2.75, 3.05) is 0 Å². The molecule has 1 saturated heterocycles. The predicted molar refractivity (Wildman–Crippen MR) is 139 cm³/mol. The fraction of sp³-hybridized carbons (Fsp3) is 0.821. The second kappa shape index (κ2) is 11.0. The maximum atomic E-state index is 14.5. The molecule has 0 N–H and O–H groups in total. The van der Waals surface area contributed by atoms with Crippen LogP contribution in [0.5, 0.6) is 0 Å². The van der Waals surface area contributed by atoms with Gasteiger partial charge in [-0.05, 0) is 37.9 Å². The first-order chi connectivity index (χ1) is 15.8. The maximum Gasteiger partial charge on any atom is 0.233 e. The molecule has 2 fully saturated rings. The molecule has 32 heavy (non-hydrogen) atoms. The minimum atomic E-state index is 0.289. The van der Waals surface area contributed by atoms with Crippen molar-refractivity contribution in [1.29, 1.82) is 0 Å². The lowest BCUT2D eigenvalue weighted by atomic mass is 9.46. The maximum absolute atomic E-state index is 14.5. The molecule has 0 radical (unpaired) electrons. The van der Waals surface area contributed by atoms with Gasteiger partial charge in [0.25, 0.3) is 0 Å². The van der Waals surface area contributed by atoms with Gasteiger partial charge in [0, 0.05) is 17.3 Å². The van der Waals surface area contributed by atoms with E-state index in [1.807, 2.05) is 0 Å². The third-order valence-electron chi connectivity index (χ3n) is 9.55. The summed E-state index contributed by atoms with van der Waals surface area (Å²) in [7, 11) is 2.51. The van der Waals surface area contributed by atoms with Gasteiger partial charge in [-0.1, -0.05) is 113 Å². The lowest BCUT2D eigenvalue weighted by Crippen LogP contribution is -2.40. The number of hydrogen-bond acceptors (Lipinski definition) is 1. The molecule has 5 rings (SSSR count). The van der Waals surface area contributed by atoms with Crippen molar-refractivity contribution < 1.29 is 4.79 Å². The van der Waals surface area contributed by atoms with Crippen LogP contribution in [0.1, 0.15) is 128 Å². The molecule has 0 aromatic rings. The van der Waals surface area contributed by atoms with Crippen LogP contribution in [0.4, 0.5) is 0 Å². The van der Waals surface area contributed by atoms with E-state index in [4.69, 9.17) is 0 Å². The Balaban J connectivity index is 1.58. The van der Waals surface area contributed by atoms with Gasteiger partial charge < -0.3 is 0 Å². The first kappa shape index (κ1) is 22.9. The van der Waals surface area contributed by atoms with Gasteiger partial charge in [-0.3, -0.25) is 9.69 Å². The van der Waals surface area contributed by atoms with Crippen molar-refractivity contribution >= 4 is 20.5 Å². The molecule has 174 valence electrons. The number of hydrogen-bond donors (Lipinski definition) is 0. The standard InChI is InChI=1S/C28H45B2NO/c32-28-21-15-9-3-1-4-10-16-22(21)29-24-18-12-5-2-6-13-19-25-27(24)31(28)26-20-14-8-7-11-17-23(26)30-25/h21-22,24,29-30H,1-20H2. The Hall–Kier alpha value is -0.920. The molecule has 1 saturated carbocycles. The minimum Gasteiger partial charge on any atom is -0.291 e. The fourth-order valence-electron chi connectivity index (χ4n) is 7.86. The Bertz CT molecular complexity index is 742. The zero-order valence-corrected chi connectivity index (χ0v) is 20.6. The van der Waals surface area contributed by atoms with Crippen LogP contribution in [0, 0.1) is 5.92 Å². The molecule has 0 aromatic heterocycles. The van der Waals surface area contributed by atoms with E-state index in [2.05, 4.69) is 4.90 Å². The van der Waals surface area contributed by atoms with E-state index in [1.54, 1.807) is 16.6 Å². The molecule has 3 aliphatic carbocycles. The van der Waals surface area contributed by atoms with Crippen molar-refractivity contribution in [1.82, 2.24) is 4.90 Å². The molecule has 2 nitrogen and oxygen atoms in total. The van der Waals surface area contributed by atoms with Gasteiger partial charge >= 0.3 is 0 Å². The van der Waals surface area contributed by atoms with Crippen LogP contribution in [0.3, 0.4) is 0 Å². The Morgan fingerprint density at radius 2 is 1.22 bits per heavy atom. The van der Waals surface area contributed by atoms with Crippen molar-refractivity contribution in [3.8, 4) is 0 Å². The number of fused-ring (bicyclic) bond motifs is 2. The van der Waals surface area contributed by atoms with Crippen LogP contribution in [0.15, 0.2) is 22.3 Å². The van der Waals surface area contributed by atoms with Crippen molar-refractivity contribution in [2.24, 2.45) is 5.92 Å². The van der Waals surface area contributed by atoms with Crippen molar-refractivity contribution in [3.63, 3.8) is 0 Å². The second-order valence-electron chi connectivity index (χ2n) is 11.8. The Morgan fingerprint density at radius 3 is 2.00 bits per heavy atom. The number of carbonyl (C=O) groups is 1. The largest absolute Gasteiger partial charge is 0.291 e. The Labute approximate surface area is 198 Å². The molecule has 1 amide bonds. The van der Waals surface area contributed by atoms with E-state index in [0.717, 1.165) is 12.8 Å². The lowest BCUT2D eigenvalue weighted by molar-refractivity contribution is -0.132. The topological polar surface area (TPSA) is 20.3 Å². The summed E-state index contributed by atoms with van der Waals surface area (Å²) in [5.41, 5.74) is 6.40. The summed E-state index contributed by atoms with van der Waals surface area (Å²) in [6.45, 7) is 0. The smallest absolute Gasteiger partial charge is 0.233 e. The Kier molecular flexibility index (Phi) is 7.86. The molecule has 4 heteroatoms. The molecule has 0 spiro atoms. The number of nitrogens with zero attached hydrogens (tertiary/aromatic N) is 1. The van der Waals surface area contributed by atoms with Gasteiger partial charge in [-0.2, -0.15) is 0 Å². The molecular formula is C28H45B2NO. The third kappa shape index (κ3) is 4.95. The van der Waals surface area contributed by atoms with E-state index in [-0.39, 0.29) is 5.92 Å². The molecule has 2 heterocycles. The third-order valence-corrected chi connectivity index (χ3v) is 9.55. The fourth-order valence-corrected chi connectivity index (χ4v) is 7.86. The zero-order chi connectivity index (χ0) is 21.8. The average Bonchev–Trinajstić information content (AvgIpc) is 2.84. The van der Waals surface area contributed by atoms with E-state index >= 15 is 0 Å². The molecule has 5 aliphatic rings. The summed E-state index contributed by atoms with van der Waals surface area (Å²) >= 11 is 0. The van der Waals surface area contributed by atoms with Gasteiger partial charge in [0.1, 0.15) is 7.28 Å². The SMILES string of the molecule is O=C1C2CCCCCCCC2BC2CCCCCCCC3=C2N1C1=C(B3)CCCCCC1. The van der Waals surface area contributed by atoms with Crippen LogP contribution in [-0.4, -0.2) is 25.4 Å². The lowest BCUT2D eigenvalue weighted by Gasteiger charge is -2.40. The number of rotatable bonds is 0. The predicted octanol–water partition coefficient (Wildman–Crippen LogP) is 7.17. The number of amides is 1. The van der Waals surface area contributed by atoms with Gasteiger partial charge in [0.2, 0.25) is 5.91 Å². The highest BCUT2D eigenvalue weighted by atomic mass is 16.2. The highest BCUT2D eigenvalue weighted by Crippen LogP contribution is 2.49. The summed E-state index contributed by atoms with van der Waals surface area (Å²) in [6.07, 6.45) is 26.4. The normalized spacial score (nSPS) is 32.9. The van der Waals surface area contributed by atoms with Crippen molar-refractivity contribution in [2.45, 2.75) is 140 Å². The van der Waals surface area contributed by atoms with Crippen molar-refractivity contribution in [3.05, 3.63) is 22.3 Å². The van der Waals surface area contributed by atoms with Gasteiger partial charge in [0.15, 0.2) is 7.28 Å². The molecular weight excluding hydrogens is 388 g/mol. The van der Waals surface area contributed by atoms with E-state index in [9.17, 15) is 4.79 Å². The summed E-state index contributed by atoms with van der Waals surface area (Å²) < 4.78 is 0. The number of allylic oxidation sites excluding steroid dienone is 4. The van der Waals surface area contributed by atoms with Crippen LogP contribution >= 0.6 is 0 Å². The quantitative estimate of drug-likeness (QED) is 0.371. The monoisotopic (exact) mass is 433 g/mol. The molecule has 2 aliphatic heterocycles. The zero-order valence-electron chi connectivity index (χ0n) is 20.6. The first-order valence-corrected chi connectivity index (χ1v) is 14.6. The highest BCUT2D eigenvalue weighted by Gasteiger charge is 2.44. The van der Waals surface area contributed by atoms with E-state index in [0.29, 0.717) is 17.5 Å². The Morgan fingerprint density at radius 1 is 0.625 bits per heavy atom. The summed E-state index contributed by atoms with van der Waals surface area (Å²) in [4.78, 5) is 16.9. The van der Waals surface area contributed by atoms with Gasteiger partial charge in [-0.15, -0.1) is 0 Å². The summed E-state index contributed by atoms with van der Waals surface area (Å²) in [5.74, 6) is 2.10. The van der Waals surface area contributed by atoms with E-state index < -0.39 is 0 Å². The van der Waals surface area contributed by atoms with Crippen LogP contribution in [0.2, 0.25) is 11.6 Å². The van der Waals surface area contributed by atoms with Crippen LogP contribution < -0.4 is 0 Å². The second-order valence-corrected chi connectivity index (χ2v) is 11.8. The first-order valence-electron chi connectivity index (χ1n) is 14.6. The highest BCUT2D eigenvalue weighted by molar-refractivity contribution is 6.55. The average molecular weight is 433 g/mol. The molecule has 0 aromatic carbocycles. The summed E-state index contributed by atoms with van der Waals surface area (Å²) in [5, 5.41) is 0. The van der Waals surface area contributed by atoms with Crippen LogP contribution in [-0.2, 0) is 4.79 Å².